The molecule has 0 aliphatic carbocycles. The molecule has 1 amide bonds. The highest BCUT2D eigenvalue weighted by Crippen LogP contribution is 2.51. The first-order chi connectivity index (χ1) is 17.4. The zero-order chi connectivity index (χ0) is 25.1. The van der Waals surface area contributed by atoms with Gasteiger partial charge in [-0.3, -0.25) is 9.59 Å². The molecule has 0 spiro atoms. The van der Waals surface area contributed by atoms with Crippen molar-refractivity contribution in [3.63, 3.8) is 0 Å². The monoisotopic (exact) mass is 511 g/mol. The van der Waals surface area contributed by atoms with E-state index in [0.717, 1.165) is 29.4 Å². The molecule has 3 atom stereocenters. The maximum absolute atomic E-state index is 15.2. The number of fused-ring (bicyclic) bond motifs is 4. The van der Waals surface area contributed by atoms with Gasteiger partial charge in [0.1, 0.15) is 12.4 Å². The van der Waals surface area contributed by atoms with Gasteiger partial charge in [0.05, 0.1) is 12.1 Å². The van der Waals surface area contributed by atoms with E-state index in [9.17, 15) is 24.2 Å². The number of nitrogens with zero attached hydrogens (tertiary/aromatic N) is 3. The first kappa shape index (κ1) is 23.2. The van der Waals surface area contributed by atoms with Gasteiger partial charge in [-0.05, 0) is 42.5 Å². The van der Waals surface area contributed by atoms with Crippen LogP contribution in [-0.4, -0.2) is 43.2 Å². The maximum atomic E-state index is 15.2. The number of aliphatic hydroxyl groups is 1. The molecule has 3 aromatic rings. The molecule has 6 rings (SSSR count). The highest BCUT2D eigenvalue weighted by molar-refractivity contribution is 7.98. The van der Waals surface area contributed by atoms with E-state index in [4.69, 9.17) is 0 Å². The van der Waals surface area contributed by atoms with Gasteiger partial charge in [-0.25, -0.2) is 8.78 Å². The summed E-state index contributed by atoms with van der Waals surface area (Å²) in [5, 5.41) is 20.9. The van der Waals surface area contributed by atoms with Gasteiger partial charge in [0.2, 0.25) is 5.75 Å². The second kappa shape index (κ2) is 8.70. The molecule has 36 heavy (non-hydrogen) atoms. The summed E-state index contributed by atoms with van der Waals surface area (Å²) in [6, 6.07) is 9.32. The number of aromatic hydroxyl groups is 1. The number of hydrogen-bond acceptors (Lipinski definition) is 6. The van der Waals surface area contributed by atoms with Crippen molar-refractivity contribution in [1.29, 1.82) is 0 Å². The fourth-order valence-corrected chi connectivity index (χ4v) is 7.18. The fraction of sp³-hybridized carbons (Fsp3) is 0.346. The zero-order valence-electron chi connectivity index (χ0n) is 19.2. The lowest BCUT2D eigenvalue weighted by Crippen LogP contribution is -2.56. The first-order valence-electron chi connectivity index (χ1n) is 11.9. The van der Waals surface area contributed by atoms with E-state index in [0.29, 0.717) is 18.5 Å². The standard InChI is InChI=1S/C26H23F2N3O4S/c27-16-9-8-13-15(21(16)28)12-36-18-7-2-1-5-14(18)20(13)22-17-6-3-4-10-30(17)26(35)23-24(33)25(34)29-19(11-32)31(22)23/h1-2,5,7-9,17,20,22,32-33H,3-4,6,10-12H2. The number of aromatic nitrogens is 2. The summed E-state index contributed by atoms with van der Waals surface area (Å²) in [6.07, 6.45) is 2.26. The van der Waals surface area contributed by atoms with Crippen molar-refractivity contribution in [1.82, 2.24) is 14.5 Å². The van der Waals surface area contributed by atoms with Crippen LogP contribution in [0.2, 0.25) is 0 Å². The van der Waals surface area contributed by atoms with Crippen molar-refractivity contribution >= 4 is 17.7 Å². The molecule has 0 bridgehead atoms. The number of piperidine rings is 1. The molecule has 2 N–H and O–H groups in total. The number of carbonyl (C=O) groups is 1. The largest absolute Gasteiger partial charge is 0.501 e. The molecular weight excluding hydrogens is 488 g/mol. The van der Waals surface area contributed by atoms with Crippen LogP contribution in [0.15, 0.2) is 46.1 Å². The van der Waals surface area contributed by atoms with Crippen molar-refractivity contribution in [3.05, 3.63) is 86.6 Å². The molecule has 0 saturated carbocycles. The van der Waals surface area contributed by atoms with Gasteiger partial charge in [0.15, 0.2) is 17.3 Å². The third-order valence-corrected chi connectivity index (χ3v) is 8.67. The molecule has 2 aromatic carbocycles. The van der Waals surface area contributed by atoms with E-state index >= 15 is 4.39 Å². The van der Waals surface area contributed by atoms with Gasteiger partial charge in [0.25, 0.3) is 5.91 Å². The lowest BCUT2D eigenvalue weighted by Gasteiger charge is -2.49. The van der Waals surface area contributed by atoms with Crippen LogP contribution in [0, 0.1) is 11.6 Å². The quantitative estimate of drug-likeness (QED) is 0.545. The summed E-state index contributed by atoms with van der Waals surface area (Å²) in [5.74, 6) is -3.50. The van der Waals surface area contributed by atoms with Gasteiger partial charge in [0, 0.05) is 28.7 Å². The molecule has 3 unspecified atom stereocenters. The average Bonchev–Trinajstić information content (AvgIpc) is 3.06. The molecule has 7 nitrogen and oxygen atoms in total. The van der Waals surface area contributed by atoms with Crippen molar-refractivity contribution in [2.45, 2.75) is 54.5 Å². The highest BCUT2D eigenvalue weighted by atomic mass is 32.2. The van der Waals surface area contributed by atoms with Gasteiger partial charge in [-0.1, -0.05) is 24.3 Å². The predicted molar refractivity (Wildman–Crippen MR) is 128 cm³/mol. The van der Waals surface area contributed by atoms with E-state index < -0.39 is 47.4 Å². The first-order valence-corrected chi connectivity index (χ1v) is 12.9. The minimum atomic E-state index is -0.988. The minimum absolute atomic E-state index is 0.0464. The summed E-state index contributed by atoms with van der Waals surface area (Å²) in [6.45, 7) is -0.190. The Hall–Kier alpha value is -3.24. The Bertz CT molecular complexity index is 1460. The molecule has 1 aromatic heterocycles. The van der Waals surface area contributed by atoms with E-state index in [1.54, 1.807) is 11.0 Å². The van der Waals surface area contributed by atoms with Gasteiger partial charge < -0.3 is 19.7 Å². The third kappa shape index (κ3) is 3.31. The summed E-state index contributed by atoms with van der Waals surface area (Å²) in [7, 11) is 0. The summed E-state index contributed by atoms with van der Waals surface area (Å²) < 4.78 is 31.0. The van der Waals surface area contributed by atoms with Gasteiger partial charge >= 0.3 is 5.56 Å². The maximum Gasteiger partial charge on any atom is 0.316 e. The van der Waals surface area contributed by atoms with Crippen LogP contribution in [0.4, 0.5) is 8.78 Å². The number of amides is 1. The van der Waals surface area contributed by atoms with Gasteiger partial charge in [-0.15, -0.1) is 11.8 Å². The molecule has 4 heterocycles. The van der Waals surface area contributed by atoms with Crippen molar-refractivity contribution in [2.75, 3.05) is 6.54 Å². The lowest BCUT2D eigenvalue weighted by molar-refractivity contribution is 0.0366. The molecule has 3 aliphatic rings. The normalized spacial score (nSPS) is 22.8. The number of benzene rings is 2. The number of aliphatic hydroxyl groups excluding tert-OH is 1. The third-order valence-electron chi connectivity index (χ3n) is 7.56. The Labute approximate surface area is 209 Å². The smallest absolute Gasteiger partial charge is 0.316 e. The predicted octanol–water partition coefficient (Wildman–Crippen LogP) is 3.71. The Balaban J connectivity index is 1.71. The fourth-order valence-electron chi connectivity index (χ4n) is 6.05. The Morgan fingerprint density at radius 2 is 1.89 bits per heavy atom. The van der Waals surface area contributed by atoms with E-state index in [1.165, 1.54) is 16.3 Å². The molecule has 0 radical (unpaired) electrons. The second-order valence-corrected chi connectivity index (χ2v) is 10.4. The van der Waals surface area contributed by atoms with Gasteiger partial charge in [-0.2, -0.15) is 4.98 Å². The van der Waals surface area contributed by atoms with E-state index in [2.05, 4.69) is 4.98 Å². The summed E-state index contributed by atoms with van der Waals surface area (Å²) >= 11 is 1.41. The molecule has 3 aliphatic heterocycles. The number of hydrogen-bond donors (Lipinski definition) is 2. The second-order valence-electron chi connectivity index (χ2n) is 9.34. The van der Waals surface area contributed by atoms with Crippen molar-refractivity contribution in [2.24, 2.45) is 0 Å². The number of carbonyl (C=O) groups excluding carboxylic acids is 1. The van der Waals surface area contributed by atoms with Crippen LogP contribution in [-0.2, 0) is 12.4 Å². The topological polar surface area (TPSA) is 95.7 Å². The van der Waals surface area contributed by atoms with Crippen LogP contribution in [0.5, 0.6) is 5.75 Å². The number of halogens is 2. The van der Waals surface area contributed by atoms with E-state index in [1.807, 2.05) is 24.3 Å². The minimum Gasteiger partial charge on any atom is -0.501 e. The van der Waals surface area contributed by atoms with Crippen LogP contribution >= 0.6 is 11.8 Å². The molecule has 1 fully saturated rings. The number of thioether (sulfide) groups is 1. The average molecular weight is 512 g/mol. The summed E-state index contributed by atoms with van der Waals surface area (Å²) in [5.41, 5.74) is 0.471. The molecular formula is C26H23F2N3O4S. The van der Waals surface area contributed by atoms with Crippen molar-refractivity contribution < 1.29 is 23.8 Å². The van der Waals surface area contributed by atoms with E-state index in [-0.39, 0.29) is 28.9 Å². The summed E-state index contributed by atoms with van der Waals surface area (Å²) in [4.78, 5) is 32.5. The SMILES string of the molecule is O=C1c2c(O)c(=O)nc(CO)n2C(C2c3ccccc3SCc3c2ccc(F)c3F)C2CCCCN12. The molecule has 10 heteroatoms. The Kier molecular flexibility index (Phi) is 5.60. The lowest BCUT2D eigenvalue weighted by atomic mass is 9.76. The van der Waals surface area contributed by atoms with Crippen molar-refractivity contribution in [3.8, 4) is 5.75 Å². The molecule has 186 valence electrons. The van der Waals surface area contributed by atoms with Crippen LogP contribution in [0.25, 0.3) is 0 Å². The molecule has 1 saturated heterocycles. The van der Waals surface area contributed by atoms with Crippen LogP contribution in [0.3, 0.4) is 0 Å². The Morgan fingerprint density at radius 1 is 1.08 bits per heavy atom. The highest BCUT2D eigenvalue weighted by Gasteiger charge is 2.48. The number of rotatable bonds is 2. The zero-order valence-corrected chi connectivity index (χ0v) is 20.0. The Morgan fingerprint density at radius 3 is 2.69 bits per heavy atom. The van der Waals surface area contributed by atoms with Crippen LogP contribution < -0.4 is 5.56 Å². The van der Waals surface area contributed by atoms with Crippen LogP contribution in [0.1, 0.15) is 64.2 Å².